The molecule has 1 N–H and O–H groups in total. The number of amides is 1. The Morgan fingerprint density at radius 3 is 2.72 bits per heavy atom. The molecular weight excluding hydrogens is 234 g/mol. The molecule has 6 heteroatoms. The molecule has 1 fully saturated rings. The lowest BCUT2D eigenvalue weighted by molar-refractivity contribution is -0.385. The highest BCUT2D eigenvalue weighted by Gasteiger charge is 2.33. The maximum atomic E-state index is 11.9. The minimum absolute atomic E-state index is 0.0107. The topological polar surface area (TPSA) is 96.0 Å². The number of nitriles is 1. The molecule has 1 amide bonds. The molecule has 0 radical (unpaired) electrons. The van der Waals surface area contributed by atoms with Gasteiger partial charge in [-0.1, -0.05) is 12.1 Å². The van der Waals surface area contributed by atoms with Crippen LogP contribution in [-0.4, -0.2) is 16.9 Å². The number of carbonyl (C=O) groups is 1. The van der Waals surface area contributed by atoms with Gasteiger partial charge in [0.25, 0.3) is 11.6 Å². The van der Waals surface area contributed by atoms with Gasteiger partial charge in [0, 0.05) is 6.07 Å². The molecule has 1 aliphatic carbocycles. The Bertz CT molecular complexity index is 532. The molecule has 0 saturated heterocycles. The van der Waals surface area contributed by atoms with Gasteiger partial charge in [0.05, 0.1) is 11.0 Å². The number of rotatable bonds is 4. The van der Waals surface area contributed by atoms with Crippen LogP contribution in [0.1, 0.15) is 23.2 Å². The average Bonchev–Trinajstić information content (AvgIpc) is 3.19. The summed E-state index contributed by atoms with van der Waals surface area (Å²) < 4.78 is 0. The number of hydrogen-bond donors (Lipinski definition) is 1. The first-order valence-corrected chi connectivity index (χ1v) is 5.57. The van der Waals surface area contributed by atoms with Crippen LogP contribution in [0, 0.1) is 27.4 Å². The summed E-state index contributed by atoms with van der Waals surface area (Å²) in [6.45, 7) is 0. The van der Waals surface area contributed by atoms with E-state index in [1.165, 1.54) is 18.2 Å². The highest BCUT2D eigenvalue weighted by atomic mass is 16.6. The Kier molecular flexibility index (Phi) is 3.24. The molecule has 18 heavy (non-hydrogen) atoms. The van der Waals surface area contributed by atoms with Crippen LogP contribution in [0.2, 0.25) is 0 Å². The second-order valence-electron chi connectivity index (χ2n) is 4.19. The van der Waals surface area contributed by atoms with E-state index in [2.05, 4.69) is 5.32 Å². The molecule has 1 aromatic rings. The van der Waals surface area contributed by atoms with E-state index in [0.29, 0.717) is 0 Å². The van der Waals surface area contributed by atoms with Crippen molar-refractivity contribution in [2.24, 2.45) is 5.92 Å². The van der Waals surface area contributed by atoms with E-state index < -0.39 is 16.9 Å². The van der Waals surface area contributed by atoms with Crippen LogP contribution in [-0.2, 0) is 0 Å². The molecule has 1 saturated carbocycles. The predicted molar refractivity (Wildman–Crippen MR) is 62.7 cm³/mol. The van der Waals surface area contributed by atoms with Crippen molar-refractivity contribution in [3.05, 3.63) is 39.9 Å². The van der Waals surface area contributed by atoms with E-state index in [-0.39, 0.29) is 17.2 Å². The van der Waals surface area contributed by atoms with Crippen molar-refractivity contribution in [1.82, 2.24) is 5.32 Å². The number of para-hydroxylation sites is 1. The fourth-order valence-corrected chi connectivity index (χ4v) is 1.73. The van der Waals surface area contributed by atoms with Crippen LogP contribution in [0.15, 0.2) is 24.3 Å². The lowest BCUT2D eigenvalue weighted by Gasteiger charge is -2.10. The summed E-state index contributed by atoms with van der Waals surface area (Å²) in [5, 5.41) is 22.2. The molecule has 1 atom stereocenters. The maximum absolute atomic E-state index is 11.9. The number of nitrogens with zero attached hydrogens (tertiary/aromatic N) is 2. The van der Waals surface area contributed by atoms with Crippen molar-refractivity contribution < 1.29 is 9.72 Å². The smallest absolute Gasteiger partial charge is 0.282 e. The molecule has 1 aromatic carbocycles. The first-order valence-electron chi connectivity index (χ1n) is 5.57. The Balaban J connectivity index is 2.18. The molecule has 0 aromatic heterocycles. The lowest BCUT2D eigenvalue weighted by Crippen LogP contribution is -2.35. The van der Waals surface area contributed by atoms with Crippen molar-refractivity contribution in [3.63, 3.8) is 0 Å². The number of nitro groups is 1. The van der Waals surface area contributed by atoms with Gasteiger partial charge in [-0.3, -0.25) is 14.9 Å². The van der Waals surface area contributed by atoms with E-state index in [1.807, 2.05) is 6.07 Å². The fourth-order valence-electron chi connectivity index (χ4n) is 1.73. The van der Waals surface area contributed by atoms with Gasteiger partial charge in [0.2, 0.25) is 0 Å². The number of nitro benzene ring substituents is 1. The van der Waals surface area contributed by atoms with Gasteiger partial charge < -0.3 is 5.32 Å². The first-order chi connectivity index (χ1) is 8.63. The Morgan fingerprint density at radius 2 is 2.17 bits per heavy atom. The van der Waals surface area contributed by atoms with Crippen molar-refractivity contribution in [3.8, 4) is 6.07 Å². The predicted octanol–water partition coefficient (Wildman–Crippen LogP) is 1.63. The molecular formula is C12H11N3O3. The van der Waals surface area contributed by atoms with Gasteiger partial charge in [-0.15, -0.1) is 0 Å². The summed E-state index contributed by atoms with van der Waals surface area (Å²) in [7, 11) is 0. The monoisotopic (exact) mass is 245 g/mol. The van der Waals surface area contributed by atoms with Gasteiger partial charge in [0.15, 0.2) is 0 Å². The summed E-state index contributed by atoms with van der Waals surface area (Å²) >= 11 is 0. The zero-order valence-electron chi connectivity index (χ0n) is 9.50. The summed E-state index contributed by atoms with van der Waals surface area (Å²) in [5.74, 6) is -0.387. The first kappa shape index (κ1) is 12.0. The number of benzene rings is 1. The number of nitrogens with one attached hydrogen (secondary N) is 1. The minimum atomic E-state index is -0.604. The maximum Gasteiger partial charge on any atom is 0.282 e. The van der Waals surface area contributed by atoms with Crippen molar-refractivity contribution in [2.75, 3.05) is 0 Å². The van der Waals surface area contributed by atoms with E-state index in [4.69, 9.17) is 5.26 Å². The summed E-state index contributed by atoms with van der Waals surface area (Å²) in [5.41, 5.74) is -0.258. The van der Waals surface area contributed by atoms with E-state index in [1.54, 1.807) is 6.07 Å². The minimum Gasteiger partial charge on any atom is -0.336 e. The molecule has 0 heterocycles. The molecule has 92 valence electrons. The summed E-state index contributed by atoms with van der Waals surface area (Å²) in [4.78, 5) is 22.1. The van der Waals surface area contributed by atoms with Crippen LogP contribution in [0.5, 0.6) is 0 Å². The van der Waals surface area contributed by atoms with Gasteiger partial charge in [-0.05, 0) is 24.8 Å². The Hall–Kier alpha value is -2.42. The van der Waals surface area contributed by atoms with Gasteiger partial charge in [-0.2, -0.15) is 5.26 Å². The Labute approximate surface area is 103 Å². The zero-order chi connectivity index (χ0) is 13.1. The van der Waals surface area contributed by atoms with E-state index in [0.717, 1.165) is 12.8 Å². The lowest BCUT2D eigenvalue weighted by atomic mass is 10.1. The number of hydrogen-bond acceptors (Lipinski definition) is 4. The van der Waals surface area contributed by atoms with Gasteiger partial charge >= 0.3 is 0 Å². The SMILES string of the molecule is N#CC(NC(=O)c1ccccc1[N+](=O)[O-])C1CC1. The highest BCUT2D eigenvalue weighted by molar-refractivity contribution is 5.98. The van der Waals surface area contributed by atoms with Crippen molar-refractivity contribution in [1.29, 1.82) is 5.26 Å². The van der Waals surface area contributed by atoms with E-state index in [9.17, 15) is 14.9 Å². The highest BCUT2D eigenvalue weighted by Crippen LogP contribution is 2.32. The third-order valence-corrected chi connectivity index (χ3v) is 2.86. The number of carbonyl (C=O) groups excluding carboxylic acids is 1. The van der Waals surface area contributed by atoms with Crippen LogP contribution in [0.3, 0.4) is 0 Å². The van der Waals surface area contributed by atoms with Crippen LogP contribution >= 0.6 is 0 Å². The molecule has 1 unspecified atom stereocenters. The third-order valence-electron chi connectivity index (χ3n) is 2.86. The summed E-state index contributed by atoms with van der Waals surface area (Å²) in [6.07, 6.45) is 1.82. The molecule has 0 aliphatic heterocycles. The van der Waals surface area contributed by atoms with Gasteiger partial charge in [-0.25, -0.2) is 0 Å². The molecule has 6 nitrogen and oxygen atoms in total. The standard InChI is InChI=1S/C12H11N3O3/c13-7-10(8-5-6-8)14-12(16)9-3-1-2-4-11(9)15(17)18/h1-4,8,10H,5-6H2,(H,14,16). The largest absolute Gasteiger partial charge is 0.336 e. The molecule has 0 spiro atoms. The second-order valence-corrected chi connectivity index (χ2v) is 4.19. The summed E-state index contributed by atoms with van der Waals surface area (Å²) in [6, 6.07) is 7.16. The van der Waals surface area contributed by atoms with Gasteiger partial charge in [0.1, 0.15) is 11.6 Å². The normalized spacial score (nSPS) is 15.5. The fraction of sp³-hybridized carbons (Fsp3) is 0.333. The zero-order valence-corrected chi connectivity index (χ0v) is 9.50. The average molecular weight is 245 g/mol. The molecule has 0 bridgehead atoms. The Morgan fingerprint density at radius 1 is 1.50 bits per heavy atom. The van der Waals surface area contributed by atoms with Crippen molar-refractivity contribution >= 4 is 11.6 Å². The van der Waals surface area contributed by atoms with Crippen LogP contribution < -0.4 is 5.32 Å². The second kappa shape index (κ2) is 4.84. The molecule has 2 rings (SSSR count). The third kappa shape index (κ3) is 2.46. The quantitative estimate of drug-likeness (QED) is 0.644. The van der Waals surface area contributed by atoms with Crippen LogP contribution in [0.4, 0.5) is 5.69 Å². The van der Waals surface area contributed by atoms with Crippen molar-refractivity contribution in [2.45, 2.75) is 18.9 Å². The van der Waals surface area contributed by atoms with E-state index >= 15 is 0 Å². The van der Waals surface area contributed by atoms with Crippen LogP contribution in [0.25, 0.3) is 0 Å². The molecule has 1 aliphatic rings.